The average molecular weight is 583 g/mol. The van der Waals surface area contributed by atoms with Crippen LogP contribution in [0, 0.1) is 5.82 Å². The molecule has 0 saturated carbocycles. The third-order valence-corrected chi connectivity index (χ3v) is 6.83. The van der Waals surface area contributed by atoms with Gasteiger partial charge in [0.1, 0.15) is 22.9 Å². The summed E-state index contributed by atoms with van der Waals surface area (Å²) in [6.07, 6.45) is 4.78. The number of rotatable bonds is 12. The van der Waals surface area contributed by atoms with E-state index >= 15 is 0 Å². The molecule has 0 fully saturated rings. The number of ketones is 1. The second-order valence-corrected chi connectivity index (χ2v) is 9.62. The van der Waals surface area contributed by atoms with Gasteiger partial charge in [-0.25, -0.2) is 9.37 Å². The molecule has 3 rings (SSSR count). The van der Waals surface area contributed by atoms with E-state index in [1.165, 1.54) is 12.3 Å². The number of benzene rings is 1. The van der Waals surface area contributed by atoms with E-state index in [2.05, 4.69) is 62.5 Å². The van der Waals surface area contributed by atoms with Gasteiger partial charge in [-0.2, -0.15) is 0 Å². The molecular formula is C25H30Br2FN3O2. The lowest BCUT2D eigenvalue weighted by Gasteiger charge is -2.18. The summed E-state index contributed by atoms with van der Waals surface area (Å²) < 4.78 is 22.9. The van der Waals surface area contributed by atoms with Crippen LogP contribution in [0.5, 0.6) is 5.75 Å². The monoisotopic (exact) mass is 581 g/mol. The van der Waals surface area contributed by atoms with Gasteiger partial charge >= 0.3 is 0 Å². The Labute approximate surface area is 211 Å². The number of unbranched alkanes of at least 4 members (excludes halogenated alkanes) is 1. The number of ether oxygens (including phenoxy) is 1. The predicted molar refractivity (Wildman–Crippen MR) is 137 cm³/mol. The molecule has 0 amide bonds. The second kappa shape index (κ2) is 12.1. The summed E-state index contributed by atoms with van der Waals surface area (Å²) >= 11 is 7.12. The van der Waals surface area contributed by atoms with E-state index < -0.39 is 5.82 Å². The van der Waals surface area contributed by atoms with Crippen LogP contribution in [0.25, 0.3) is 5.65 Å². The lowest BCUT2D eigenvalue weighted by molar-refractivity contribution is 0.103. The fourth-order valence-corrected chi connectivity index (χ4v) is 5.21. The zero-order chi connectivity index (χ0) is 24.0. The van der Waals surface area contributed by atoms with Gasteiger partial charge in [0.25, 0.3) is 0 Å². The van der Waals surface area contributed by atoms with Gasteiger partial charge in [0.15, 0.2) is 0 Å². The minimum atomic E-state index is -0.410. The highest BCUT2D eigenvalue weighted by atomic mass is 79.9. The molecule has 5 nitrogen and oxygen atoms in total. The Morgan fingerprint density at radius 2 is 1.82 bits per heavy atom. The predicted octanol–water partition coefficient (Wildman–Crippen LogP) is 6.68. The highest BCUT2D eigenvalue weighted by molar-refractivity contribution is 9.11. The molecule has 2 aromatic heterocycles. The van der Waals surface area contributed by atoms with Crippen molar-refractivity contribution in [2.75, 3.05) is 26.2 Å². The van der Waals surface area contributed by atoms with E-state index in [0.29, 0.717) is 50.3 Å². The minimum Gasteiger partial charge on any atom is -0.491 e. The Morgan fingerprint density at radius 1 is 1.12 bits per heavy atom. The van der Waals surface area contributed by atoms with E-state index in [1.807, 2.05) is 0 Å². The molecule has 0 saturated heterocycles. The number of nitrogens with zero attached hydrogens (tertiary/aromatic N) is 3. The highest BCUT2D eigenvalue weighted by Crippen LogP contribution is 2.36. The summed E-state index contributed by atoms with van der Waals surface area (Å²) in [6, 6.07) is 6.48. The topological polar surface area (TPSA) is 46.8 Å². The molecule has 0 bridgehead atoms. The Morgan fingerprint density at radius 3 is 2.45 bits per heavy atom. The molecule has 33 heavy (non-hydrogen) atoms. The Bertz CT molecular complexity index is 1090. The number of pyridine rings is 1. The molecule has 2 heterocycles. The first-order chi connectivity index (χ1) is 15.9. The number of hydrogen-bond acceptors (Lipinski definition) is 4. The van der Waals surface area contributed by atoms with Gasteiger partial charge in [-0.3, -0.25) is 9.20 Å². The van der Waals surface area contributed by atoms with Gasteiger partial charge in [0, 0.05) is 18.3 Å². The molecule has 0 aliphatic rings. The van der Waals surface area contributed by atoms with Crippen molar-refractivity contribution >= 4 is 43.3 Å². The van der Waals surface area contributed by atoms with Gasteiger partial charge in [-0.15, -0.1) is 0 Å². The van der Waals surface area contributed by atoms with Crippen LogP contribution in [0.2, 0.25) is 0 Å². The van der Waals surface area contributed by atoms with Crippen LogP contribution in [0.3, 0.4) is 0 Å². The van der Waals surface area contributed by atoms with Crippen molar-refractivity contribution in [1.29, 1.82) is 0 Å². The van der Waals surface area contributed by atoms with Crippen LogP contribution in [0.15, 0.2) is 39.4 Å². The number of halogens is 3. The van der Waals surface area contributed by atoms with E-state index in [0.717, 1.165) is 38.9 Å². The molecule has 178 valence electrons. The van der Waals surface area contributed by atoms with Crippen LogP contribution in [0.4, 0.5) is 4.39 Å². The first-order valence-electron chi connectivity index (χ1n) is 11.4. The quantitative estimate of drug-likeness (QED) is 0.176. The lowest BCUT2D eigenvalue weighted by atomic mass is 10.0. The van der Waals surface area contributed by atoms with Crippen molar-refractivity contribution < 1.29 is 13.9 Å². The maximum absolute atomic E-state index is 14.0. The molecule has 0 aliphatic heterocycles. The molecule has 0 N–H and O–H groups in total. The zero-order valence-corrected chi connectivity index (χ0v) is 22.5. The first kappa shape index (κ1) is 25.8. The van der Waals surface area contributed by atoms with Gasteiger partial charge in [0.05, 0.1) is 21.2 Å². The third kappa shape index (κ3) is 6.22. The van der Waals surface area contributed by atoms with Gasteiger partial charge in [-0.1, -0.05) is 27.2 Å². The summed E-state index contributed by atoms with van der Waals surface area (Å²) in [5.74, 6) is 0.0574. The van der Waals surface area contributed by atoms with Gasteiger partial charge in [-0.05, 0) is 88.5 Å². The summed E-state index contributed by atoms with van der Waals surface area (Å²) in [6.45, 7) is 9.99. The fraction of sp³-hybridized carbons (Fsp3) is 0.440. The van der Waals surface area contributed by atoms with Crippen LogP contribution in [0.1, 0.15) is 61.8 Å². The molecule has 0 atom stereocenters. The summed E-state index contributed by atoms with van der Waals surface area (Å²) in [5, 5.41) is 0. The molecular weight excluding hydrogens is 553 g/mol. The minimum absolute atomic E-state index is 0.200. The van der Waals surface area contributed by atoms with Crippen molar-refractivity contribution in [2.24, 2.45) is 0 Å². The first-order valence-corrected chi connectivity index (χ1v) is 13.0. The Kier molecular flexibility index (Phi) is 9.47. The van der Waals surface area contributed by atoms with Crippen molar-refractivity contribution in [1.82, 2.24) is 14.3 Å². The molecule has 0 aliphatic carbocycles. The maximum atomic E-state index is 14.0. The number of hydrogen-bond donors (Lipinski definition) is 0. The van der Waals surface area contributed by atoms with Crippen LogP contribution in [-0.2, 0) is 6.42 Å². The van der Waals surface area contributed by atoms with E-state index in [1.54, 1.807) is 22.6 Å². The summed E-state index contributed by atoms with van der Waals surface area (Å²) in [7, 11) is 0. The Hall–Kier alpha value is -1.77. The molecule has 8 heteroatoms. The average Bonchev–Trinajstić information content (AvgIpc) is 3.15. The maximum Gasteiger partial charge on any atom is 0.211 e. The summed E-state index contributed by atoms with van der Waals surface area (Å²) in [5.41, 5.74) is 2.14. The smallest absolute Gasteiger partial charge is 0.211 e. The normalized spacial score (nSPS) is 11.5. The lowest BCUT2D eigenvalue weighted by Crippen LogP contribution is -2.25. The van der Waals surface area contributed by atoms with Crippen LogP contribution >= 0.6 is 31.9 Å². The highest BCUT2D eigenvalue weighted by Gasteiger charge is 2.23. The van der Waals surface area contributed by atoms with E-state index in [4.69, 9.17) is 4.74 Å². The standard InChI is InChI=1S/C25H30Br2FN3O2/c1-4-7-9-21-23(31-16-18(28)10-11-22(31)29-21)24(32)17-14-19(26)25(20(27)15-17)33-13-8-12-30(5-2)6-3/h10-11,14-16H,4-9,12-13H2,1-3H3. The van der Waals surface area contributed by atoms with Crippen molar-refractivity contribution in [2.45, 2.75) is 46.5 Å². The molecule has 0 radical (unpaired) electrons. The molecule has 0 spiro atoms. The van der Waals surface area contributed by atoms with Crippen molar-refractivity contribution in [3.05, 3.63) is 62.2 Å². The van der Waals surface area contributed by atoms with Gasteiger partial charge < -0.3 is 9.64 Å². The number of aryl methyl sites for hydroxylation is 1. The van der Waals surface area contributed by atoms with Gasteiger partial charge in [0.2, 0.25) is 5.78 Å². The number of aromatic nitrogens is 2. The number of fused-ring (bicyclic) bond motifs is 1. The zero-order valence-electron chi connectivity index (χ0n) is 19.3. The summed E-state index contributed by atoms with van der Waals surface area (Å²) in [4.78, 5) is 20.5. The van der Waals surface area contributed by atoms with E-state index in [-0.39, 0.29) is 5.78 Å². The molecule has 3 aromatic rings. The van der Waals surface area contributed by atoms with Crippen molar-refractivity contribution in [3.8, 4) is 5.75 Å². The third-order valence-electron chi connectivity index (χ3n) is 5.66. The Balaban J connectivity index is 1.86. The fourth-order valence-electron chi connectivity index (χ4n) is 3.79. The number of imidazole rings is 1. The largest absolute Gasteiger partial charge is 0.491 e. The molecule has 0 unspecified atom stereocenters. The number of carbonyl (C=O) groups excluding carboxylic acids is 1. The van der Waals surface area contributed by atoms with E-state index in [9.17, 15) is 9.18 Å². The van der Waals surface area contributed by atoms with Crippen LogP contribution < -0.4 is 4.74 Å². The second-order valence-electron chi connectivity index (χ2n) is 7.91. The van der Waals surface area contributed by atoms with Crippen molar-refractivity contribution in [3.63, 3.8) is 0 Å². The number of carbonyl (C=O) groups is 1. The van der Waals surface area contributed by atoms with Crippen LogP contribution in [-0.4, -0.2) is 46.3 Å². The SMILES string of the molecule is CCCCc1nc2ccc(F)cn2c1C(=O)c1cc(Br)c(OCCCN(CC)CC)c(Br)c1. The molecule has 1 aromatic carbocycles.